The van der Waals surface area contributed by atoms with Crippen molar-refractivity contribution in [2.45, 2.75) is 62.4 Å². The van der Waals surface area contributed by atoms with E-state index in [9.17, 15) is 10.1 Å². The van der Waals surface area contributed by atoms with Crippen LogP contribution in [0, 0.1) is 23.1 Å². The molecule has 44 heavy (non-hydrogen) atoms. The van der Waals surface area contributed by atoms with Crippen LogP contribution in [0.4, 0.5) is 10.2 Å². The Labute approximate surface area is 257 Å². The number of carbonyl (C=O) groups excluding carboxylic acids is 1. The monoisotopic (exact) mass is 592 g/mol. The average Bonchev–Trinajstić information content (AvgIpc) is 3.32. The molecule has 3 saturated heterocycles. The smallest absolute Gasteiger partial charge is 0.319 e. The maximum absolute atomic E-state index is 16.2. The summed E-state index contributed by atoms with van der Waals surface area (Å²) in [5.41, 5.74) is 4.84. The van der Waals surface area contributed by atoms with E-state index in [1.807, 2.05) is 18.2 Å². The summed E-state index contributed by atoms with van der Waals surface area (Å²) in [6.45, 7) is 7.67. The average molecular weight is 593 g/mol. The number of aromatic nitrogens is 2. The minimum atomic E-state index is -0.333. The van der Waals surface area contributed by atoms with E-state index in [-0.39, 0.29) is 29.7 Å². The number of hydrogen-bond acceptors (Lipinski definition) is 7. The summed E-state index contributed by atoms with van der Waals surface area (Å²) < 4.78 is 22.6. The number of benzene rings is 2. The van der Waals surface area contributed by atoms with E-state index in [1.165, 1.54) is 36.5 Å². The second kappa shape index (κ2) is 10.6. The summed E-state index contributed by atoms with van der Waals surface area (Å²) in [4.78, 5) is 28.7. The van der Waals surface area contributed by atoms with E-state index in [4.69, 9.17) is 14.7 Å². The van der Waals surface area contributed by atoms with Crippen molar-refractivity contribution in [3.63, 3.8) is 0 Å². The van der Waals surface area contributed by atoms with Crippen molar-refractivity contribution in [1.82, 2.24) is 19.8 Å². The van der Waals surface area contributed by atoms with Gasteiger partial charge >= 0.3 is 6.01 Å². The fourth-order valence-electron chi connectivity index (χ4n) is 8.59. The Hall–Kier alpha value is -4.03. The lowest BCUT2D eigenvalue weighted by atomic mass is 9.93. The summed E-state index contributed by atoms with van der Waals surface area (Å²) in [6, 6.07) is 11.9. The molecular formula is C35H37FN6O2. The Balaban J connectivity index is 1.20. The van der Waals surface area contributed by atoms with Crippen LogP contribution >= 0.6 is 0 Å². The van der Waals surface area contributed by atoms with E-state index in [2.05, 4.69) is 28.5 Å². The normalized spacial score (nSPS) is 25.0. The second-order valence-electron chi connectivity index (χ2n) is 13.3. The molecule has 3 atom stereocenters. The van der Waals surface area contributed by atoms with Crippen LogP contribution in [0.2, 0.25) is 0 Å². The molecule has 2 aromatic carbocycles. The molecule has 8 nitrogen and oxygen atoms in total. The van der Waals surface area contributed by atoms with Gasteiger partial charge in [-0.2, -0.15) is 15.2 Å². The first-order chi connectivity index (χ1) is 21.5. The van der Waals surface area contributed by atoms with Crippen LogP contribution in [0.3, 0.4) is 0 Å². The summed E-state index contributed by atoms with van der Waals surface area (Å²) >= 11 is 0. The van der Waals surface area contributed by atoms with Gasteiger partial charge in [0.05, 0.1) is 29.6 Å². The number of piperazine rings is 1. The van der Waals surface area contributed by atoms with E-state index < -0.39 is 0 Å². The van der Waals surface area contributed by atoms with Gasteiger partial charge in [-0.3, -0.25) is 9.69 Å². The molecule has 2 aliphatic carbocycles. The third-order valence-corrected chi connectivity index (χ3v) is 10.9. The molecule has 226 valence electrons. The third kappa shape index (κ3) is 4.45. The molecule has 3 aliphatic heterocycles. The number of carbonyl (C=O) groups is 1. The van der Waals surface area contributed by atoms with Gasteiger partial charge in [-0.05, 0) is 98.3 Å². The van der Waals surface area contributed by atoms with Gasteiger partial charge in [0.1, 0.15) is 18.2 Å². The topological polar surface area (TPSA) is 85.6 Å². The first-order valence-corrected chi connectivity index (χ1v) is 16.0. The third-order valence-electron chi connectivity index (χ3n) is 10.9. The van der Waals surface area contributed by atoms with Crippen molar-refractivity contribution in [1.29, 1.82) is 5.26 Å². The van der Waals surface area contributed by atoms with Crippen molar-refractivity contribution in [3.8, 4) is 23.2 Å². The van der Waals surface area contributed by atoms with Crippen LogP contribution in [-0.4, -0.2) is 76.6 Å². The molecule has 0 spiro atoms. The van der Waals surface area contributed by atoms with Gasteiger partial charge < -0.3 is 14.5 Å². The van der Waals surface area contributed by atoms with Crippen molar-refractivity contribution >= 4 is 22.6 Å². The number of ether oxygens (including phenoxy) is 1. The van der Waals surface area contributed by atoms with Gasteiger partial charge in [-0.1, -0.05) is 24.8 Å². The highest BCUT2D eigenvalue weighted by Gasteiger charge is 2.47. The van der Waals surface area contributed by atoms with Gasteiger partial charge in [-0.15, -0.1) is 0 Å². The van der Waals surface area contributed by atoms with Crippen molar-refractivity contribution in [2.24, 2.45) is 5.92 Å². The molecule has 1 saturated carbocycles. The molecule has 0 bridgehead atoms. The van der Waals surface area contributed by atoms with E-state index in [0.29, 0.717) is 66.4 Å². The highest BCUT2D eigenvalue weighted by Crippen LogP contribution is 2.58. The molecule has 5 aliphatic rings. The maximum atomic E-state index is 16.2. The zero-order chi connectivity index (χ0) is 30.0. The van der Waals surface area contributed by atoms with Crippen LogP contribution in [0.15, 0.2) is 43.0 Å². The van der Waals surface area contributed by atoms with Crippen molar-refractivity contribution in [3.05, 3.63) is 59.9 Å². The molecule has 1 aromatic heterocycles. The van der Waals surface area contributed by atoms with Crippen molar-refractivity contribution < 1.29 is 13.9 Å². The highest BCUT2D eigenvalue weighted by atomic mass is 19.1. The molecule has 4 fully saturated rings. The van der Waals surface area contributed by atoms with Crippen LogP contribution in [0.25, 0.3) is 22.0 Å². The Morgan fingerprint density at radius 2 is 2.00 bits per heavy atom. The van der Waals surface area contributed by atoms with Crippen molar-refractivity contribution in [2.75, 3.05) is 44.2 Å². The summed E-state index contributed by atoms with van der Waals surface area (Å²) in [7, 11) is 0. The van der Waals surface area contributed by atoms with E-state index in [0.717, 1.165) is 37.9 Å². The summed E-state index contributed by atoms with van der Waals surface area (Å²) in [5.74, 6) is 1.32. The Morgan fingerprint density at radius 3 is 2.80 bits per heavy atom. The number of hydrogen-bond donors (Lipinski definition) is 0. The minimum absolute atomic E-state index is 0.0341. The predicted octanol–water partition coefficient (Wildman–Crippen LogP) is 5.22. The number of nitriles is 1. The predicted molar refractivity (Wildman–Crippen MR) is 166 cm³/mol. The lowest BCUT2D eigenvalue weighted by molar-refractivity contribution is -0.128. The number of halogens is 1. The van der Waals surface area contributed by atoms with Gasteiger partial charge in [0, 0.05) is 30.6 Å². The number of amides is 1. The number of fused-ring (bicyclic) bond motifs is 5. The Kier molecular flexibility index (Phi) is 6.60. The van der Waals surface area contributed by atoms with E-state index >= 15 is 4.39 Å². The molecule has 0 unspecified atom stereocenters. The molecule has 4 heterocycles. The Morgan fingerprint density at radius 1 is 1.16 bits per heavy atom. The lowest BCUT2D eigenvalue weighted by Gasteiger charge is -2.41. The first-order valence-electron chi connectivity index (χ1n) is 16.0. The SMILES string of the molecule is C=CC(=O)N1CCN(c2nc(OCC34CCCN3CCC4)nc3cc(-c4cccc5c4[C@@H]4C[C@@H]4C5)c(F)cc23)C[C@@H]1CC#N. The Bertz CT molecular complexity index is 1710. The second-order valence-corrected chi connectivity index (χ2v) is 13.3. The van der Waals surface area contributed by atoms with Gasteiger partial charge in [0.25, 0.3) is 0 Å². The standard InChI is InChI=1S/C35H37FN6O2/c1-2-31(43)42-15-14-40(20-24(42)8-11-37)33-28-18-29(36)27(25-7-3-6-22-16-23-17-26(23)32(22)25)19-30(28)38-34(39-33)44-21-35-9-4-12-41(35)13-5-10-35/h2-3,6-7,18-19,23-24,26H,1,4-5,8-10,12-17,20-21H2/t23-,24-,26+/m0/s1. The number of nitrogens with zero attached hydrogens (tertiary/aromatic N) is 6. The van der Waals surface area contributed by atoms with Gasteiger partial charge in [0.2, 0.25) is 5.91 Å². The molecular weight excluding hydrogens is 555 g/mol. The fourth-order valence-corrected chi connectivity index (χ4v) is 8.59. The highest BCUT2D eigenvalue weighted by molar-refractivity contribution is 5.94. The minimum Gasteiger partial charge on any atom is -0.461 e. The lowest BCUT2D eigenvalue weighted by Crippen LogP contribution is -2.55. The maximum Gasteiger partial charge on any atom is 0.319 e. The fraction of sp³-hybridized carbons (Fsp3) is 0.486. The van der Waals surface area contributed by atoms with Gasteiger partial charge in [-0.25, -0.2) is 4.39 Å². The van der Waals surface area contributed by atoms with Gasteiger partial charge in [0.15, 0.2) is 0 Å². The molecule has 8 rings (SSSR count). The zero-order valence-corrected chi connectivity index (χ0v) is 25.0. The largest absolute Gasteiger partial charge is 0.461 e. The number of rotatable bonds is 7. The molecule has 1 amide bonds. The zero-order valence-electron chi connectivity index (χ0n) is 25.0. The first kappa shape index (κ1) is 27.5. The van der Waals surface area contributed by atoms with E-state index in [1.54, 1.807) is 11.0 Å². The number of anilines is 1. The molecule has 0 N–H and O–H groups in total. The van der Waals surface area contributed by atoms with Crippen LogP contribution in [0.1, 0.15) is 55.6 Å². The van der Waals surface area contributed by atoms with Crippen LogP contribution < -0.4 is 9.64 Å². The molecule has 9 heteroatoms. The van der Waals surface area contributed by atoms with Crippen LogP contribution in [0.5, 0.6) is 6.01 Å². The quantitative estimate of drug-likeness (QED) is 0.348. The molecule has 0 radical (unpaired) electrons. The van der Waals surface area contributed by atoms with Crippen LogP contribution in [-0.2, 0) is 11.2 Å². The summed E-state index contributed by atoms with van der Waals surface area (Å²) in [5, 5.41) is 10.2. The summed E-state index contributed by atoms with van der Waals surface area (Å²) in [6.07, 6.45) is 8.31. The molecule has 3 aromatic rings.